The first-order valence-electron chi connectivity index (χ1n) is 7.90. The summed E-state index contributed by atoms with van der Waals surface area (Å²) >= 11 is 0. The van der Waals surface area contributed by atoms with Gasteiger partial charge in [-0.3, -0.25) is 4.90 Å². The molecule has 2 aliphatic rings. The number of benzene rings is 1. The smallest absolute Gasteiger partial charge is 0.127 e. The minimum absolute atomic E-state index is 0.395. The van der Waals surface area contributed by atoms with Crippen molar-refractivity contribution < 1.29 is 9.47 Å². The van der Waals surface area contributed by atoms with E-state index in [1.165, 1.54) is 31.4 Å². The molecule has 1 saturated heterocycles. The number of ether oxygens (including phenoxy) is 2. The first-order chi connectivity index (χ1) is 10.2. The van der Waals surface area contributed by atoms with Crippen LogP contribution in [0, 0.1) is 11.8 Å². The predicted octanol–water partition coefficient (Wildman–Crippen LogP) is 2.26. The van der Waals surface area contributed by atoms with Crippen molar-refractivity contribution in [1.82, 2.24) is 4.90 Å². The Bertz CT molecular complexity index is 492. The molecule has 21 heavy (non-hydrogen) atoms. The monoisotopic (exact) mass is 290 g/mol. The molecule has 1 aliphatic heterocycles. The van der Waals surface area contributed by atoms with Gasteiger partial charge >= 0.3 is 0 Å². The van der Waals surface area contributed by atoms with Crippen LogP contribution < -0.4 is 15.2 Å². The van der Waals surface area contributed by atoms with Gasteiger partial charge in [0.2, 0.25) is 0 Å². The third-order valence-corrected chi connectivity index (χ3v) is 5.12. The van der Waals surface area contributed by atoms with E-state index in [-0.39, 0.29) is 0 Å². The summed E-state index contributed by atoms with van der Waals surface area (Å²) in [5.41, 5.74) is 7.53. The van der Waals surface area contributed by atoms with Crippen LogP contribution in [-0.2, 0) is 6.54 Å². The lowest BCUT2D eigenvalue weighted by Gasteiger charge is -2.29. The number of hydrogen-bond acceptors (Lipinski definition) is 4. The molecular formula is C17H26N2O2. The fraction of sp³-hybridized carbons (Fsp3) is 0.647. The van der Waals surface area contributed by atoms with Gasteiger partial charge in [0.05, 0.1) is 14.2 Å². The number of nitrogens with two attached hydrogens (primary N) is 1. The van der Waals surface area contributed by atoms with Crippen molar-refractivity contribution in [2.45, 2.75) is 31.8 Å². The topological polar surface area (TPSA) is 47.7 Å². The van der Waals surface area contributed by atoms with Gasteiger partial charge in [-0.2, -0.15) is 0 Å². The first-order valence-corrected chi connectivity index (χ1v) is 7.90. The molecule has 1 aromatic rings. The van der Waals surface area contributed by atoms with Gasteiger partial charge < -0.3 is 15.2 Å². The van der Waals surface area contributed by atoms with E-state index in [0.29, 0.717) is 12.0 Å². The Morgan fingerprint density at radius 3 is 2.76 bits per heavy atom. The van der Waals surface area contributed by atoms with Crippen LogP contribution in [0.5, 0.6) is 11.5 Å². The lowest BCUT2D eigenvalue weighted by Crippen LogP contribution is -2.38. The van der Waals surface area contributed by atoms with Crippen molar-refractivity contribution in [2.24, 2.45) is 17.6 Å². The molecule has 3 atom stereocenters. The maximum absolute atomic E-state index is 6.30. The number of fused-ring (bicyclic) bond motifs is 1. The molecule has 1 aliphatic carbocycles. The van der Waals surface area contributed by atoms with Crippen LogP contribution in [0.25, 0.3) is 0 Å². The Morgan fingerprint density at radius 2 is 2.05 bits per heavy atom. The molecule has 0 radical (unpaired) electrons. The maximum Gasteiger partial charge on any atom is 0.127 e. The summed E-state index contributed by atoms with van der Waals surface area (Å²) in [5, 5.41) is 0. The molecular weight excluding hydrogens is 264 g/mol. The Morgan fingerprint density at radius 1 is 1.19 bits per heavy atom. The second-order valence-electron chi connectivity index (χ2n) is 6.39. The summed E-state index contributed by atoms with van der Waals surface area (Å²) < 4.78 is 10.8. The second-order valence-corrected chi connectivity index (χ2v) is 6.39. The van der Waals surface area contributed by atoms with Crippen LogP contribution >= 0.6 is 0 Å². The minimum atomic E-state index is 0.395. The van der Waals surface area contributed by atoms with Gasteiger partial charge in [0.15, 0.2) is 0 Å². The van der Waals surface area contributed by atoms with Crippen LogP contribution in [-0.4, -0.2) is 38.3 Å². The molecule has 1 heterocycles. The van der Waals surface area contributed by atoms with E-state index >= 15 is 0 Å². The van der Waals surface area contributed by atoms with Gasteiger partial charge in [0.1, 0.15) is 11.5 Å². The summed E-state index contributed by atoms with van der Waals surface area (Å²) in [4.78, 5) is 2.53. The average Bonchev–Trinajstić information content (AvgIpc) is 2.91. The third-order valence-electron chi connectivity index (χ3n) is 5.12. The Labute approximate surface area is 127 Å². The zero-order valence-corrected chi connectivity index (χ0v) is 13.0. The molecule has 3 unspecified atom stereocenters. The molecule has 1 aromatic carbocycles. The van der Waals surface area contributed by atoms with Gasteiger partial charge in [0.25, 0.3) is 0 Å². The highest BCUT2D eigenvalue weighted by molar-refractivity contribution is 5.40. The lowest BCUT2D eigenvalue weighted by atomic mass is 9.78. The SMILES string of the molecule is COc1ccc(CN2CC3CCCC(N)C3C2)c(OC)c1. The predicted molar refractivity (Wildman–Crippen MR) is 83.6 cm³/mol. The molecule has 4 heteroatoms. The van der Waals surface area contributed by atoms with Crippen LogP contribution in [0.3, 0.4) is 0 Å². The van der Waals surface area contributed by atoms with Crippen molar-refractivity contribution in [3.05, 3.63) is 23.8 Å². The normalized spacial score (nSPS) is 29.2. The van der Waals surface area contributed by atoms with Crippen LogP contribution in [0.15, 0.2) is 18.2 Å². The number of likely N-dealkylation sites (tertiary alicyclic amines) is 1. The van der Waals surface area contributed by atoms with E-state index in [9.17, 15) is 0 Å². The van der Waals surface area contributed by atoms with Gasteiger partial charge in [-0.05, 0) is 30.7 Å². The number of hydrogen-bond donors (Lipinski definition) is 1. The Hall–Kier alpha value is -1.26. The lowest BCUT2D eigenvalue weighted by molar-refractivity contribution is 0.259. The van der Waals surface area contributed by atoms with E-state index in [1.807, 2.05) is 12.1 Å². The highest BCUT2D eigenvalue weighted by atomic mass is 16.5. The second kappa shape index (κ2) is 6.24. The van der Waals surface area contributed by atoms with E-state index in [1.54, 1.807) is 14.2 Å². The summed E-state index contributed by atoms with van der Waals surface area (Å²) in [6.07, 6.45) is 3.83. The van der Waals surface area contributed by atoms with Crippen molar-refractivity contribution in [3.8, 4) is 11.5 Å². The van der Waals surface area contributed by atoms with Crippen molar-refractivity contribution in [3.63, 3.8) is 0 Å². The van der Waals surface area contributed by atoms with Crippen LogP contribution in [0.1, 0.15) is 24.8 Å². The van der Waals surface area contributed by atoms with Gasteiger partial charge in [-0.1, -0.05) is 12.5 Å². The zero-order valence-electron chi connectivity index (χ0n) is 13.0. The minimum Gasteiger partial charge on any atom is -0.497 e. The standard InChI is InChI=1S/C17H26N2O2/c1-20-14-7-6-13(17(8-14)21-2)10-19-9-12-4-3-5-16(18)15(12)11-19/h6-8,12,15-16H,3-5,9-11,18H2,1-2H3. The quantitative estimate of drug-likeness (QED) is 0.924. The van der Waals surface area contributed by atoms with E-state index in [2.05, 4.69) is 11.0 Å². The largest absolute Gasteiger partial charge is 0.497 e. The van der Waals surface area contributed by atoms with E-state index < -0.39 is 0 Å². The van der Waals surface area contributed by atoms with E-state index in [4.69, 9.17) is 15.2 Å². The van der Waals surface area contributed by atoms with Gasteiger partial charge in [0, 0.05) is 37.3 Å². The van der Waals surface area contributed by atoms with Crippen molar-refractivity contribution in [1.29, 1.82) is 0 Å². The zero-order chi connectivity index (χ0) is 14.8. The number of nitrogens with zero attached hydrogens (tertiary/aromatic N) is 1. The van der Waals surface area contributed by atoms with Crippen LogP contribution in [0.2, 0.25) is 0 Å². The molecule has 1 saturated carbocycles. The fourth-order valence-electron chi connectivity index (χ4n) is 3.96. The Balaban J connectivity index is 1.70. The van der Waals surface area contributed by atoms with Gasteiger partial charge in [-0.15, -0.1) is 0 Å². The Kier molecular flexibility index (Phi) is 4.36. The molecule has 3 rings (SSSR count). The van der Waals surface area contributed by atoms with Gasteiger partial charge in [-0.25, -0.2) is 0 Å². The highest BCUT2D eigenvalue weighted by Crippen LogP contribution is 2.37. The molecule has 0 amide bonds. The molecule has 116 valence electrons. The fourth-order valence-corrected chi connectivity index (χ4v) is 3.96. The summed E-state index contributed by atoms with van der Waals surface area (Å²) in [5.74, 6) is 3.22. The molecule has 0 aromatic heterocycles. The summed E-state index contributed by atoms with van der Waals surface area (Å²) in [6.45, 7) is 3.24. The molecule has 2 fully saturated rings. The molecule has 0 spiro atoms. The first kappa shape index (κ1) is 14.7. The van der Waals surface area contributed by atoms with Crippen molar-refractivity contribution >= 4 is 0 Å². The molecule has 4 nitrogen and oxygen atoms in total. The average molecular weight is 290 g/mol. The van der Waals surface area contributed by atoms with Crippen molar-refractivity contribution in [2.75, 3.05) is 27.3 Å². The summed E-state index contributed by atoms with van der Waals surface area (Å²) in [7, 11) is 3.40. The van der Waals surface area contributed by atoms with Crippen LogP contribution in [0.4, 0.5) is 0 Å². The number of methoxy groups -OCH3 is 2. The van der Waals surface area contributed by atoms with E-state index in [0.717, 1.165) is 30.5 Å². The highest BCUT2D eigenvalue weighted by Gasteiger charge is 2.38. The third kappa shape index (κ3) is 3.01. The summed E-state index contributed by atoms with van der Waals surface area (Å²) in [6, 6.07) is 6.47. The molecule has 2 N–H and O–H groups in total. The number of rotatable bonds is 4. The molecule has 0 bridgehead atoms. The maximum atomic E-state index is 6.30.